The summed E-state index contributed by atoms with van der Waals surface area (Å²) in [5.74, 6) is -0.00269. The second-order valence-corrected chi connectivity index (χ2v) is 4.92. The Bertz CT molecular complexity index is 611. The molecule has 84 valence electrons. The zero-order valence-electron chi connectivity index (χ0n) is 9.36. The van der Waals surface area contributed by atoms with Crippen molar-refractivity contribution in [1.82, 2.24) is 0 Å². The normalized spacial score (nSPS) is 16.6. The van der Waals surface area contributed by atoms with Gasteiger partial charge in [-0.15, -0.1) is 11.3 Å². The number of allylic oxidation sites excluding steroid dienone is 1. The molecule has 1 aromatic heterocycles. The van der Waals surface area contributed by atoms with Gasteiger partial charge in [-0.25, -0.2) is 0 Å². The van der Waals surface area contributed by atoms with Crippen LogP contribution in [0.3, 0.4) is 0 Å². The second kappa shape index (κ2) is 3.86. The van der Waals surface area contributed by atoms with Crippen LogP contribution in [0.25, 0.3) is 11.1 Å². The van der Waals surface area contributed by atoms with Crippen LogP contribution >= 0.6 is 11.3 Å². The molecular formula is C14H11NOS. The molecule has 17 heavy (non-hydrogen) atoms. The lowest BCUT2D eigenvalue weighted by Crippen LogP contribution is -2.04. The van der Waals surface area contributed by atoms with Crippen LogP contribution in [0.2, 0.25) is 0 Å². The molecule has 1 N–H and O–H groups in total. The van der Waals surface area contributed by atoms with E-state index in [1.165, 1.54) is 0 Å². The molecule has 0 bridgehead atoms. The zero-order valence-corrected chi connectivity index (χ0v) is 10.2. The van der Waals surface area contributed by atoms with Crippen molar-refractivity contribution in [2.24, 2.45) is 0 Å². The highest BCUT2D eigenvalue weighted by molar-refractivity contribution is 7.11. The number of fused-ring (bicyclic) bond motifs is 1. The summed E-state index contributed by atoms with van der Waals surface area (Å²) in [5, 5.41) is 4.92. The quantitative estimate of drug-likeness (QED) is 0.759. The van der Waals surface area contributed by atoms with Gasteiger partial charge in [-0.05, 0) is 30.0 Å². The number of para-hydroxylation sites is 1. The maximum atomic E-state index is 12.0. The molecule has 2 aromatic rings. The van der Waals surface area contributed by atoms with E-state index in [9.17, 15) is 4.79 Å². The summed E-state index contributed by atoms with van der Waals surface area (Å²) in [6.07, 6.45) is 0. The Kier molecular flexibility index (Phi) is 2.34. The Morgan fingerprint density at radius 3 is 2.76 bits per heavy atom. The summed E-state index contributed by atoms with van der Waals surface area (Å²) < 4.78 is 0. The van der Waals surface area contributed by atoms with Crippen molar-refractivity contribution in [2.75, 3.05) is 5.32 Å². The van der Waals surface area contributed by atoms with Crippen molar-refractivity contribution in [3.63, 3.8) is 0 Å². The van der Waals surface area contributed by atoms with Gasteiger partial charge < -0.3 is 5.32 Å². The molecule has 0 spiro atoms. The number of hydrogen-bond donors (Lipinski definition) is 1. The first-order valence-electron chi connectivity index (χ1n) is 5.43. The minimum Gasteiger partial charge on any atom is -0.321 e. The van der Waals surface area contributed by atoms with Crippen molar-refractivity contribution in [3.05, 3.63) is 52.2 Å². The highest BCUT2D eigenvalue weighted by Crippen LogP contribution is 2.37. The average Bonchev–Trinajstić information content (AvgIpc) is 2.94. The number of benzene rings is 1. The number of carbonyl (C=O) groups is 1. The molecule has 1 aliphatic heterocycles. The summed E-state index contributed by atoms with van der Waals surface area (Å²) >= 11 is 1.66. The van der Waals surface area contributed by atoms with Crippen LogP contribution in [-0.4, -0.2) is 5.91 Å². The van der Waals surface area contributed by atoms with E-state index in [0.29, 0.717) is 0 Å². The van der Waals surface area contributed by atoms with Gasteiger partial charge in [0.1, 0.15) is 0 Å². The third-order valence-electron chi connectivity index (χ3n) is 2.94. The van der Waals surface area contributed by atoms with E-state index in [4.69, 9.17) is 0 Å². The molecule has 3 rings (SSSR count). The second-order valence-electron chi connectivity index (χ2n) is 3.98. The molecule has 0 fully saturated rings. The molecule has 1 aromatic carbocycles. The molecule has 0 aliphatic carbocycles. The van der Waals surface area contributed by atoms with E-state index < -0.39 is 0 Å². The van der Waals surface area contributed by atoms with Gasteiger partial charge in [0, 0.05) is 16.1 Å². The molecule has 0 saturated carbocycles. The summed E-state index contributed by atoms with van der Waals surface area (Å²) in [6.45, 7) is 2.00. The predicted molar refractivity (Wildman–Crippen MR) is 71.9 cm³/mol. The van der Waals surface area contributed by atoms with Crippen molar-refractivity contribution < 1.29 is 4.79 Å². The van der Waals surface area contributed by atoms with Crippen LogP contribution in [0, 0.1) is 0 Å². The molecule has 1 amide bonds. The van der Waals surface area contributed by atoms with E-state index in [1.54, 1.807) is 11.3 Å². The molecule has 1 aliphatic rings. The lowest BCUT2D eigenvalue weighted by Gasteiger charge is -2.02. The first kappa shape index (κ1) is 10.3. The predicted octanol–water partition coefficient (Wildman–Crippen LogP) is 3.63. The number of amides is 1. The van der Waals surface area contributed by atoms with Crippen molar-refractivity contribution >= 4 is 34.1 Å². The molecule has 2 nitrogen and oxygen atoms in total. The summed E-state index contributed by atoms with van der Waals surface area (Å²) in [5.41, 5.74) is 3.75. The number of thiophene rings is 1. The largest absolute Gasteiger partial charge is 0.321 e. The number of carbonyl (C=O) groups excluding carboxylic acids is 1. The third kappa shape index (κ3) is 1.59. The van der Waals surface area contributed by atoms with Crippen LogP contribution in [0.4, 0.5) is 5.69 Å². The van der Waals surface area contributed by atoms with E-state index in [0.717, 1.165) is 27.3 Å². The van der Waals surface area contributed by atoms with E-state index in [1.807, 2.05) is 48.7 Å². The maximum absolute atomic E-state index is 12.0. The fourth-order valence-corrected chi connectivity index (χ4v) is 2.84. The molecule has 3 heteroatoms. The number of rotatable bonds is 1. The lowest BCUT2D eigenvalue weighted by molar-refractivity contribution is -0.110. The van der Waals surface area contributed by atoms with E-state index in [-0.39, 0.29) is 5.91 Å². The van der Waals surface area contributed by atoms with Gasteiger partial charge in [0.15, 0.2) is 0 Å². The summed E-state index contributed by atoms with van der Waals surface area (Å²) in [4.78, 5) is 13.1. The third-order valence-corrected chi connectivity index (χ3v) is 3.93. The molecule has 2 heterocycles. The van der Waals surface area contributed by atoms with Gasteiger partial charge in [-0.1, -0.05) is 24.3 Å². The molecule has 0 unspecified atom stereocenters. The smallest absolute Gasteiger partial charge is 0.256 e. The standard InChI is InChI=1S/C14H11NOS/c1-9(12-7-4-8-17-12)13-10-5-2-3-6-11(10)15-14(13)16/h2-8H,1H3,(H,15,16). The van der Waals surface area contributed by atoms with Gasteiger partial charge in [-0.2, -0.15) is 0 Å². The Balaban J connectivity index is 2.22. The van der Waals surface area contributed by atoms with Gasteiger partial charge >= 0.3 is 0 Å². The topological polar surface area (TPSA) is 29.1 Å². The van der Waals surface area contributed by atoms with Crippen LogP contribution < -0.4 is 5.32 Å². The van der Waals surface area contributed by atoms with Gasteiger partial charge in [-0.3, -0.25) is 4.79 Å². The van der Waals surface area contributed by atoms with Gasteiger partial charge in [0.05, 0.1) is 5.57 Å². The average molecular weight is 241 g/mol. The van der Waals surface area contributed by atoms with E-state index in [2.05, 4.69) is 5.32 Å². The first-order chi connectivity index (χ1) is 8.27. The maximum Gasteiger partial charge on any atom is 0.256 e. The minimum absolute atomic E-state index is 0.00269. The summed E-state index contributed by atoms with van der Waals surface area (Å²) in [7, 11) is 0. The Labute approximate surface area is 104 Å². The number of anilines is 1. The van der Waals surface area contributed by atoms with Crippen LogP contribution in [0.1, 0.15) is 17.4 Å². The van der Waals surface area contributed by atoms with Crippen LogP contribution in [0.5, 0.6) is 0 Å². The Morgan fingerprint density at radius 2 is 2.00 bits per heavy atom. The molecule has 0 saturated heterocycles. The Hall–Kier alpha value is -1.87. The Morgan fingerprint density at radius 1 is 1.18 bits per heavy atom. The van der Waals surface area contributed by atoms with Crippen molar-refractivity contribution in [2.45, 2.75) is 6.92 Å². The first-order valence-corrected chi connectivity index (χ1v) is 6.31. The van der Waals surface area contributed by atoms with Crippen LogP contribution in [0.15, 0.2) is 41.8 Å². The molecule has 0 atom stereocenters. The lowest BCUT2D eigenvalue weighted by atomic mass is 10.0. The number of hydrogen-bond acceptors (Lipinski definition) is 2. The zero-order chi connectivity index (χ0) is 11.8. The van der Waals surface area contributed by atoms with Crippen LogP contribution in [-0.2, 0) is 4.79 Å². The van der Waals surface area contributed by atoms with Gasteiger partial charge in [0.2, 0.25) is 0 Å². The minimum atomic E-state index is -0.00269. The van der Waals surface area contributed by atoms with Crippen molar-refractivity contribution in [1.29, 1.82) is 0 Å². The molecule has 0 radical (unpaired) electrons. The van der Waals surface area contributed by atoms with Crippen molar-refractivity contribution in [3.8, 4) is 0 Å². The fourth-order valence-electron chi connectivity index (χ4n) is 2.10. The number of nitrogens with one attached hydrogen (secondary N) is 1. The summed E-state index contributed by atoms with van der Waals surface area (Å²) in [6, 6.07) is 11.9. The molecular weight excluding hydrogens is 230 g/mol. The SMILES string of the molecule is CC(=C1C(=O)Nc2ccccc21)c1cccs1. The van der Waals surface area contributed by atoms with E-state index >= 15 is 0 Å². The monoisotopic (exact) mass is 241 g/mol. The van der Waals surface area contributed by atoms with Gasteiger partial charge in [0.25, 0.3) is 5.91 Å². The fraction of sp³-hybridized carbons (Fsp3) is 0.0714. The highest BCUT2D eigenvalue weighted by Gasteiger charge is 2.25. The highest BCUT2D eigenvalue weighted by atomic mass is 32.1.